The van der Waals surface area contributed by atoms with Crippen LogP contribution in [0.2, 0.25) is 0 Å². The van der Waals surface area contributed by atoms with E-state index in [4.69, 9.17) is 5.73 Å². The molecular weight excluding hydrogens is 354 g/mol. The van der Waals surface area contributed by atoms with Crippen LogP contribution >= 0.6 is 24.8 Å². The molecule has 23 heavy (non-hydrogen) atoms. The molecule has 1 saturated heterocycles. The van der Waals surface area contributed by atoms with E-state index in [1.54, 1.807) is 4.90 Å². The first-order chi connectivity index (χ1) is 9.79. The molecule has 2 rings (SSSR count). The summed E-state index contributed by atoms with van der Waals surface area (Å²) in [5, 5.41) is 0. The summed E-state index contributed by atoms with van der Waals surface area (Å²) in [6.07, 6.45) is -1.69. The number of hydrogen-bond donors (Lipinski definition) is 1. The summed E-state index contributed by atoms with van der Waals surface area (Å²) in [5.41, 5.74) is 5.04. The molecule has 1 amide bonds. The molecule has 0 bridgehead atoms. The maximum atomic E-state index is 12.4. The van der Waals surface area contributed by atoms with Crippen LogP contribution in [-0.2, 0) is 6.18 Å². The third-order valence-corrected chi connectivity index (χ3v) is 3.79. The fraction of sp³-hybridized carbons (Fsp3) is 0.571. The number of piperidine rings is 1. The van der Waals surface area contributed by atoms with E-state index in [0.29, 0.717) is 13.1 Å². The normalized spacial score (nSPS) is 19.3. The van der Waals surface area contributed by atoms with Gasteiger partial charge >= 0.3 is 6.18 Å². The largest absolute Gasteiger partial charge is 0.433 e. The zero-order chi connectivity index (χ0) is 15.6. The second-order valence-corrected chi connectivity index (χ2v) is 5.44. The number of aromatic nitrogens is 1. The van der Waals surface area contributed by atoms with Gasteiger partial charge in [0.1, 0.15) is 5.69 Å². The predicted molar refractivity (Wildman–Crippen MR) is 86.0 cm³/mol. The van der Waals surface area contributed by atoms with E-state index in [0.717, 1.165) is 25.1 Å². The molecule has 2 N–H and O–H groups in total. The Hall–Kier alpha value is -1.05. The molecule has 0 radical (unpaired) electrons. The van der Waals surface area contributed by atoms with E-state index < -0.39 is 11.9 Å². The zero-order valence-electron chi connectivity index (χ0n) is 12.5. The van der Waals surface area contributed by atoms with Crippen LogP contribution in [0.4, 0.5) is 13.2 Å². The number of alkyl halides is 3. The van der Waals surface area contributed by atoms with Crippen molar-refractivity contribution in [3.63, 3.8) is 0 Å². The highest BCUT2D eigenvalue weighted by Gasteiger charge is 2.33. The van der Waals surface area contributed by atoms with Gasteiger partial charge in [-0.1, -0.05) is 0 Å². The molecule has 2 atom stereocenters. The van der Waals surface area contributed by atoms with Gasteiger partial charge in [0.15, 0.2) is 0 Å². The van der Waals surface area contributed by atoms with Crippen LogP contribution < -0.4 is 5.73 Å². The van der Waals surface area contributed by atoms with Gasteiger partial charge in [0.25, 0.3) is 5.91 Å². The summed E-state index contributed by atoms with van der Waals surface area (Å²) in [4.78, 5) is 17.3. The lowest BCUT2D eigenvalue weighted by Crippen LogP contribution is -2.45. The molecule has 1 aromatic heterocycles. The summed E-state index contributed by atoms with van der Waals surface area (Å²) in [6, 6.07) is 2.00. The minimum Gasteiger partial charge on any atom is -0.338 e. The topological polar surface area (TPSA) is 59.2 Å². The maximum Gasteiger partial charge on any atom is 0.433 e. The molecule has 0 aromatic carbocycles. The van der Waals surface area contributed by atoms with Gasteiger partial charge in [-0.05, 0) is 37.8 Å². The van der Waals surface area contributed by atoms with Gasteiger partial charge in [-0.3, -0.25) is 9.78 Å². The van der Waals surface area contributed by atoms with Crippen molar-refractivity contribution in [2.24, 2.45) is 11.7 Å². The van der Waals surface area contributed by atoms with Crippen LogP contribution in [-0.4, -0.2) is 34.9 Å². The number of carbonyl (C=O) groups excluding carboxylic acids is 1. The summed E-state index contributed by atoms with van der Waals surface area (Å²) >= 11 is 0. The average Bonchev–Trinajstić information content (AvgIpc) is 2.46. The number of nitrogens with two attached hydrogens (primary N) is 1. The van der Waals surface area contributed by atoms with Gasteiger partial charge in [0, 0.05) is 25.3 Å². The van der Waals surface area contributed by atoms with Crippen molar-refractivity contribution >= 4 is 30.7 Å². The quantitative estimate of drug-likeness (QED) is 0.865. The third kappa shape index (κ3) is 5.51. The van der Waals surface area contributed by atoms with Gasteiger partial charge in [-0.25, -0.2) is 0 Å². The molecule has 132 valence electrons. The predicted octanol–water partition coefficient (Wildman–Crippen LogP) is 3.14. The number of nitrogens with zero attached hydrogens (tertiary/aromatic N) is 2. The first-order valence-corrected chi connectivity index (χ1v) is 6.87. The van der Waals surface area contributed by atoms with E-state index in [2.05, 4.69) is 4.98 Å². The SMILES string of the molecule is CC(N)C1CCCN(C(=O)c2ccc(C(F)(F)F)nc2)C1.Cl.Cl. The Bertz CT molecular complexity index is 509. The van der Waals surface area contributed by atoms with E-state index in [1.807, 2.05) is 6.92 Å². The third-order valence-electron chi connectivity index (χ3n) is 3.79. The maximum absolute atomic E-state index is 12.4. The van der Waals surface area contributed by atoms with Crippen molar-refractivity contribution < 1.29 is 18.0 Å². The van der Waals surface area contributed by atoms with Gasteiger partial charge in [-0.15, -0.1) is 24.8 Å². The summed E-state index contributed by atoms with van der Waals surface area (Å²) in [7, 11) is 0. The fourth-order valence-electron chi connectivity index (χ4n) is 2.49. The van der Waals surface area contributed by atoms with Gasteiger partial charge in [-0.2, -0.15) is 13.2 Å². The highest BCUT2D eigenvalue weighted by molar-refractivity contribution is 5.94. The number of rotatable bonds is 2. The molecule has 1 aliphatic rings. The smallest absolute Gasteiger partial charge is 0.338 e. The molecule has 1 aromatic rings. The van der Waals surface area contributed by atoms with Crippen molar-refractivity contribution in [1.82, 2.24) is 9.88 Å². The number of amides is 1. The van der Waals surface area contributed by atoms with Crippen molar-refractivity contribution in [2.45, 2.75) is 32.0 Å². The number of hydrogen-bond acceptors (Lipinski definition) is 3. The molecule has 2 unspecified atom stereocenters. The van der Waals surface area contributed by atoms with Crippen LogP contribution in [0.5, 0.6) is 0 Å². The zero-order valence-corrected chi connectivity index (χ0v) is 14.2. The van der Waals surface area contributed by atoms with Crippen LogP contribution in [0.25, 0.3) is 0 Å². The lowest BCUT2D eigenvalue weighted by Gasteiger charge is -2.34. The molecule has 0 aliphatic carbocycles. The second kappa shape index (κ2) is 8.70. The molecule has 4 nitrogen and oxygen atoms in total. The van der Waals surface area contributed by atoms with Crippen LogP contribution in [0.3, 0.4) is 0 Å². The number of likely N-dealkylation sites (tertiary alicyclic amines) is 1. The standard InChI is InChI=1S/C14H18F3N3O.2ClH/c1-9(18)11-3-2-6-20(8-11)13(21)10-4-5-12(19-7-10)14(15,16)17;;/h4-5,7,9,11H,2-3,6,8,18H2,1H3;2*1H. The van der Waals surface area contributed by atoms with Crippen LogP contribution in [0.1, 0.15) is 35.8 Å². The van der Waals surface area contributed by atoms with E-state index in [1.165, 1.54) is 6.07 Å². The van der Waals surface area contributed by atoms with E-state index in [-0.39, 0.29) is 48.2 Å². The van der Waals surface area contributed by atoms with Gasteiger partial charge in [0.05, 0.1) is 5.56 Å². The minimum atomic E-state index is -4.49. The lowest BCUT2D eigenvalue weighted by molar-refractivity contribution is -0.141. The Morgan fingerprint density at radius 1 is 1.39 bits per heavy atom. The van der Waals surface area contributed by atoms with E-state index in [9.17, 15) is 18.0 Å². The highest BCUT2D eigenvalue weighted by Crippen LogP contribution is 2.27. The monoisotopic (exact) mass is 373 g/mol. The van der Waals surface area contributed by atoms with Crippen molar-refractivity contribution in [3.05, 3.63) is 29.6 Å². The molecule has 1 aliphatic heterocycles. The first kappa shape index (κ1) is 21.9. The molecular formula is C14H20Cl2F3N3O. The fourth-order valence-corrected chi connectivity index (χ4v) is 2.49. The van der Waals surface area contributed by atoms with Gasteiger partial charge < -0.3 is 10.6 Å². The van der Waals surface area contributed by atoms with Crippen molar-refractivity contribution in [1.29, 1.82) is 0 Å². The highest BCUT2D eigenvalue weighted by atomic mass is 35.5. The van der Waals surface area contributed by atoms with Gasteiger partial charge in [0.2, 0.25) is 0 Å². The molecule has 0 spiro atoms. The van der Waals surface area contributed by atoms with Crippen molar-refractivity contribution in [3.8, 4) is 0 Å². The Morgan fingerprint density at radius 3 is 2.52 bits per heavy atom. The second-order valence-electron chi connectivity index (χ2n) is 5.44. The lowest BCUT2D eigenvalue weighted by atomic mass is 9.92. The average molecular weight is 374 g/mol. The van der Waals surface area contributed by atoms with Crippen LogP contribution in [0.15, 0.2) is 18.3 Å². The van der Waals surface area contributed by atoms with E-state index >= 15 is 0 Å². The number of halogens is 5. The molecule has 9 heteroatoms. The number of pyridine rings is 1. The summed E-state index contributed by atoms with van der Waals surface area (Å²) in [5.74, 6) is -0.0633. The first-order valence-electron chi connectivity index (χ1n) is 6.87. The molecule has 1 fully saturated rings. The molecule has 2 heterocycles. The Balaban J connectivity index is 0.00000242. The Morgan fingerprint density at radius 2 is 2.04 bits per heavy atom. The van der Waals surface area contributed by atoms with Crippen LogP contribution in [0, 0.1) is 5.92 Å². The Labute approximate surface area is 145 Å². The Kier molecular flexibility index (Phi) is 8.31. The summed E-state index contributed by atoms with van der Waals surface area (Å²) in [6.45, 7) is 3.04. The number of carbonyl (C=O) groups is 1. The van der Waals surface area contributed by atoms with Crippen molar-refractivity contribution in [2.75, 3.05) is 13.1 Å². The minimum absolute atomic E-state index is 0. The molecule has 0 saturated carbocycles. The summed E-state index contributed by atoms with van der Waals surface area (Å²) < 4.78 is 37.3.